The van der Waals surface area contributed by atoms with Crippen LogP contribution in [-0.4, -0.2) is 38.3 Å². The molecule has 4 aromatic rings. The van der Waals surface area contributed by atoms with Crippen LogP contribution in [-0.2, 0) is 22.2 Å². The van der Waals surface area contributed by atoms with E-state index in [9.17, 15) is 39.6 Å². The molecule has 0 aliphatic heterocycles. The van der Waals surface area contributed by atoms with E-state index in [1.165, 1.54) is 6.92 Å². The normalized spacial score (nSPS) is 12.9. The Hall–Kier alpha value is -3.75. The summed E-state index contributed by atoms with van der Waals surface area (Å²) in [6.07, 6.45) is -6.91. The van der Waals surface area contributed by atoms with Crippen LogP contribution in [0.4, 0.5) is 26.3 Å². The topological polar surface area (TPSA) is 99.2 Å². The lowest BCUT2D eigenvalue weighted by molar-refractivity contribution is -0.141. The summed E-state index contributed by atoms with van der Waals surface area (Å²) < 4.78 is 104. The van der Waals surface area contributed by atoms with E-state index in [0.717, 1.165) is 30.6 Å². The molecule has 4 rings (SSSR count). The number of aromatic nitrogens is 5. The van der Waals surface area contributed by atoms with E-state index in [1.54, 1.807) is 0 Å². The van der Waals surface area contributed by atoms with Gasteiger partial charge in [0.1, 0.15) is 10.6 Å². The molecular formula is C20H13F6N5O3S. The van der Waals surface area contributed by atoms with Gasteiger partial charge in [0.2, 0.25) is 0 Å². The zero-order valence-electron chi connectivity index (χ0n) is 17.5. The van der Waals surface area contributed by atoms with Crippen molar-refractivity contribution in [3.8, 4) is 16.9 Å². The van der Waals surface area contributed by atoms with Gasteiger partial charge in [-0.2, -0.15) is 31.0 Å². The first-order chi connectivity index (χ1) is 16.2. The minimum atomic E-state index is -4.73. The van der Waals surface area contributed by atoms with Crippen LogP contribution < -0.4 is 5.69 Å². The van der Waals surface area contributed by atoms with Gasteiger partial charge in [0.05, 0.1) is 11.3 Å². The second-order valence-electron chi connectivity index (χ2n) is 7.22. The standard InChI is InChI=1S/C20H13F6N5O3S/c1-2-35(33,34)14-7-12(11-3-5-15(27-8-11)20(24,25)26)9-28-17(14)31-18(32)30-10-13(19(21,22)23)4-6-16(30)29-31/h3-10H,2H2,1H3. The lowest BCUT2D eigenvalue weighted by Crippen LogP contribution is -2.23. The summed E-state index contributed by atoms with van der Waals surface area (Å²) >= 11 is 0. The number of hydrogen-bond donors (Lipinski definition) is 0. The summed E-state index contributed by atoms with van der Waals surface area (Å²) in [5.41, 5.74) is -3.37. The molecule has 0 bridgehead atoms. The highest BCUT2D eigenvalue weighted by Crippen LogP contribution is 2.31. The van der Waals surface area contributed by atoms with Crippen molar-refractivity contribution >= 4 is 15.5 Å². The molecule has 4 aromatic heterocycles. The first-order valence-corrected chi connectivity index (χ1v) is 11.3. The van der Waals surface area contributed by atoms with Crippen molar-refractivity contribution in [1.82, 2.24) is 24.1 Å². The van der Waals surface area contributed by atoms with Crippen LogP contribution in [0.15, 0.2) is 58.6 Å². The third-order valence-corrected chi connectivity index (χ3v) is 6.71. The summed E-state index contributed by atoms with van der Waals surface area (Å²) in [5.74, 6) is -0.908. The third kappa shape index (κ3) is 4.50. The molecule has 4 heterocycles. The van der Waals surface area contributed by atoms with Crippen molar-refractivity contribution in [3.05, 3.63) is 70.7 Å². The van der Waals surface area contributed by atoms with Gasteiger partial charge in [0, 0.05) is 29.7 Å². The Kier molecular flexibility index (Phi) is 5.70. The van der Waals surface area contributed by atoms with Gasteiger partial charge in [0.25, 0.3) is 0 Å². The molecule has 0 aromatic carbocycles. The Morgan fingerprint density at radius 1 is 0.914 bits per heavy atom. The number of pyridine rings is 3. The quantitative estimate of drug-likeness (QED) is 0.382. The van der Waals surface area contributed by atoms with Gasteiger partial charge < -0.3 is 0 Å². The predicted molar refractivity (Wildman–Crippen MR) is 110 cm³/mol. The summed E-state index contributed by atoms with van der Waals surface area (Å²) in [6.45, 7) is 1.31. The molecule has 15 heteroatoms. The van der Waals surface area contributed by atoms with Crippen LogP contribution in [0, 0.1) is 0 Å². The molecule has 0 fully saturated rings. The number of halogens is 6. The van der Waals surface area contributed by atoms with Crippen molar-refractivity contribution in [2.75, 3.05) is 5.75 Å². The number of fused-ring (bicyclic) bond motifs is 1. The second kappa shape index (κ2) is 8.18. The highest BCUT2D eigenvalue weighted by molar-refractivity contribution is 7.91. The molecular weight excluding hydrogens is 504 g/mol. The molecule has 0 unspecified atom stereocenters. The zero-order chi connectivity index (χ0) is 25.8. The summed E-state index contributed by atoms with van der Waals surface area (Å²) in [6, 6.07) is 4.52. The maximum Gasteiger partial charge on any atom is 0.433 e. The molecule has 0 N–H and O–H groups in total. The average molecular weight is 517 g/mol. The molecule has 0 spiro atoms. The van der Waals surface area contributed by atoms with Gasteiger partial charge in [-0.3, -0.25) is 4.98 Å². The fourth-order valence-corrected chi connectivity index (χ4v) is 4.19. The molecule has 0 atom stereocenters. The molecule has 0 saturated carbocycles. The van der Waals surface area contributed by atoms with E-state index >= 15 is 0 Å². The zero-order valence-corrected chi connectivity index (χ0v) is 18.3. The summed E-state index contributed by atoms with van der Waals surface area (Å²) in [7, 11) is -4.08. The average Bonchev–Trinajstić information content (AvgIpc) is 3.13. The number of hydrogen-bond acceptors (Lipinski definition) is 6. The Morgan fingerprint density at radius 2 is 1.60 bits per heavy atom. The van der Waals surface area contributed by atoms with Crippen molar-refractivity contribution in [2.24, 2.45) is 0 Å². The Balaban J connectivity index is 1.90. The first-order valence-electron chi connectivity index (χ1n) is 9.68. The van der Waals surface area contributed by atoms with E-state index in [-0.39, 0.29) is 16.8 Å². The van der Waals surface area contributed by atoms with Crippen LogP contribution in [0.1, 0.15) is 18.2 Å². The molecule has 0 aliphatic carbocycles. The maximum atomic E-state index is 13.0. The number of nitrogens with zero attached hydrogens (tertiary/aromatic N) is 5. The molecule has 0 saturated heterocycles. The van der Waals surface area contributed by atoms with Gasteiger partial charge in [0.15, 0.2) is 21.3 Å². The van der Waals surface area contributed by atoms with Crippen LogP contribution in [0.2, 0.25) is 0 Å². The summed E-state index contributed by atoms with van der Waals surface area (Å²) in [4.78, 5) is 19.6. The van der Waals surface area contributed by atoms with Gasteiger partial charge >= 0.3 is 18.0 Å². The predicted octanol–water partition coefficient (Wildman–Crippen LogP) is 3.77. The first kappa shape index (κ1) is 24.4. The van der Waals surface area contributed by atoms with Crippen molar-refractivity contribution in [1.29, 1.82) is 0 Å². The number of sulfone groups is 1. The Labute approximate surface area is 192 Å². The van der Waals surface area contributed by atoms with Gasteiger partial charge in [-0.05, 0) is 24.3 Å². The highest BCUT2D eigenvalue weighted by atomic mass is 32.2. The third-order valence-electron chi connectivity index (χ3n) is 4.98. The second-order valence-corrected chi connectivity index (χ2v) is 9.46. The fourth-order valence-electron chi connectivity index (χ4n) is 3.15. The van der Waals surface area contributed by atoms with Crippen LogP contribution >= 0.6 is 0 Å². The fraction of sp³-hybridized carbons (Fsp3) is 0.200. The van der Waals surface area contributed by atoms with Crippen LogP contribution in [0.5, 0.6) is 0 Å². The maximum absolute atomic E-state index is 13.0. The monoisotopic (exact) mass is 517 g/mol. The van der Waals surface area contributed by atoms with E-state index in [1.807, 2.05) is 0 Å². The highest BCUT2D eigenvalue weighted by Gasteiger charge is 2.33. The van der Waals surface area contributed by atoms with Crippen LogP contribution in [0.25, 0.3) is 22.6 Å². The van der Waals surface area contributed by atoms with E-state index in [0.29, 0.717) is 27.4 Å². The molecule has 8 nitrogen and oxygen atoms in total. The number of alkyl halides is 6. The molecule has 0 amide bonds. The van der Waals surface area contributed by atoms with E-state index < -0.39 is 55.6 Å². The lowest BCUT2D eigenvalue weighted by atomic mass is 10.1. The molecule has 184 valence electrons. The minimum absolute atomic E-state index is 0.0816. The minimum Gasteiger partial charge on any atom is -0.251 e. The molecule has 0 radical (unpaired) electrons. The smallest absolute Gasteiger partial charge is 0.251 e. The lowest BCUT2D eigenvalue weighted by Gasteiger charge is -2.11. The van der Waals surface area contributed by atoms with Gasteiger partial charge in [-0.15, -0.1) is 5.10 Å². The Bertz CT molecular complexity index is 1590. The molecule has 35 heavy (non-hydrogen) atoms. The van der Waals surface area contributed by atoms with Gasteiger partial charge in [-0.1, -0.05) is 13.0 Å². The van der Waals surface area contributed by atoms with Crippen molar-refractivity contribution in [3.63, 3.8) is 0 Å². The van der Waals surface area contributed by atoms with Gasteiger partial charge in [-0.25, -0.2) is 22.6 Å². The van der Waals surface area contributed by atoms with Crippen molar-refractivity contribution in [2.45, 2.75) is 24.2 Å². The van der Waals surface area contributed by atoms with E-state index in [4.69, 9.17) is 0 Å². The van der Waals surface area contributed by atoms with E-state index in [2.05, 4.69) is 15.1 Å². The Morgan fingerprint density at radius 3 is 2.17 bits per heavy atom. The SMILES string of the molecule is CCS(=O)(=O)c1cc(-c2ccc(C(F)(F)F)nc2)cnc1-n1nc2ccc(C(F)(F)F)cn2c1=O. The largest absolute Gasteiger partial charge is 0.433 e. The van der Waals surface area contributed by atoms with Crippen LogP contribution in [0.3, 0.4) is 0 Å². The molecule has 0 aliphatic rings. The number of rotatable bonds is 4. The summed E-state index contributed by atoms with van der Waals surface area (Å²) in [5, 5.41) is 3.89. The van der Waals surface area contributed by atoms with Crippen molar-refractivity contribution < 1.29 is 34.8 Å².